The van der Waals surface area contributed by atoms with Crippen LogP contribution in [0.1, 0.15) is 26.2 Å². The first kappa shape index (κ1) is 14.4. The summed E-state index contributed by atoms with van der Waals surface area (Å²) in [4.78, 5) is 33.2. The Labute approximate surface area is 105 Å². The third-order valence-electron chi connectivity index (χ3n) is 2.62. The van der Waals surface area contributed by atoms with Crippen LogP contribution in [-0.4, -0.2) is 48.2 Å². The summed E-state index contributed by atoms with van der Waals surface area (Å²) in [7, 11) is 0. The first-order chi connectivity index (χ1) is 8.52. The first-order valence-electron chi connectivity index (χ1n) is 5.93. The highest BCUT2D eigenvalue weighted by atomic mass is 16.5. The molecule has 1 aliphatic rings. The zero-order valence-electron chi connectivity index (χ0n) is 10.3. The Kier molecular flexibility index (Phi) is 5.57. The fourth-order valence-electron chi connectivity index (χ4n) is 1.77. The van der Waals surface area contributed by atoms with Gasteiger partial charge in [0.2, 0.25) is 11.8 Å². The zero-order chi connectivity index (χ0) is 13.5. The van der Waals surface area contributed by atoms with Crippen LogP contribution in [0, 0.1) is 0 Å². The van der Waals surface area contributed by atoms with Crippen LogP contribution >= 0.6 is 0 Å². The Bertz CT molecular complexity index is 331. The van der Waals surface area contributed by atoms with Crippen molar-refractivity contribution in [2.24, 2.45) is 0 Å². The number of nitrogens with one attached hydrogen (secondary N) is 2. The van der Waals surface area contributed by atoms with Crippen molar-refractivity contribution in [1.82, 2.24) is 10.6 Å². The summed E-state index contributed by atoms with van der Waals surface area (Å²) in [6.07, 6.45) is 0.115. The van der Waals surface area contributed by atoms with E-state index in [4.69, 9.17) is 9.84 Å². The van der Waals surface area contributed by atoms with Gasteiger partial charge in [0.25, 0.3) is 0 Å². The van der Waals surface area contributed by atoms with Gasteiger partial charge in [0, 0.05) is 19.6 Å². The van der Waals surface area contributed by atoms with Crippen molar-refractivity contribution in [3.05, 3.63) is 0 Å². The van der Waals surface area contributed by atoms with E-state index in [1.807, 2.05) is 0 Å². The van der Waals surface area contributed by atoms with Crippen LogP contribution in [0.25, 0.3) is 0 Å². The molecular weight excluding hydrogens is 240 g/mol. The van der Waals surface area contributed by atoms with E-state index in [-0.39, 0.29) is 24.8 Å². The molecule has 7 heteroatoms. The van der Waals surface area contributed by atoms with Crippen molar-refractivity contribution in [1.29, 1.82) is 0 Å². The molecule has 1 saturated heterocycles. The number of carboxylic acid groups (broad SMARTS) is 1. The highest BCUT2D eigenvalue weighted by molar-refractivity contribution is 5.90. The van der Waals surface area contributed by atoms with Crippen molar-refractivity contribution >= 4 is 17.8 Å². The van der Waals surface area contributed by atoms with Gasteiger partial charge in [-0.25, -0.2) is 0 Å². The number of aliphatic carboxylic acids is 1. The number of carbonyl (C=O) groups excluding carboxylic acids is 2. The van der Waals surface area contributed by atoms with Gasteiger partial charge in [0.1, 0.15) is 6.04 Å². The second-order valence-corrected chi connectivity index (χ2v) is 4.08. The third kappa shape index (κ3) is 4.70. The lowest BCUT2D eigenvalue weighted by Crippen LogP contribution is -2.44. The van der Waals surface area contributed by atoms with Crippen LogP contribution in [0.2, 0.25) is 0 Å². The van der Waals surface area contributed by atoms with Gasteiger partial charge in [-0.05, 0) is 13.3 Å². The Hall–Kier alpha value is -1.63. The lowest BCUT2D eigenvalue weighted by Gasteiger charge is -2.17. The lowest BCUT2D eigenvalue weighted by atomic mass is 10.2. The van der Waals surface area contributed by atoms with E-state index < -0.39 is 18.1 Å². The smallest absolute Gasteiger partial charge is 0.306 e. The van der Waals surface area contributed by atoms with Crippen LogP contribution in [0.3, 0.4) is 0 Å². The van der Waals surface area contributed by atoms with Crippen molar-refractivity contribution in [2.75, 3.05) is 13.2 Å². The second-order valence-electron chi connectivity index (χ2n) is 4.08. The van der Waals surface area contributed by atoms with Crippen molar-refractivity contribution in [3.63, 3.8) is 0 Å². The molecule has 0 radical (unpaired) electrons. The Balaban J connectivity index is 2.34. The predicted molar refractivity (Wildman–Crippen MR) is 61.8 cm³/mol. The van der Waals surface area contributed by atoms with Gasteiger partial charge in [-0.15, -0.1) is 0 Å². The molecule has 3 N–H and O–H groups in total. The van der Waals surface area contributed by atoms with Gasteiger partial charge in [-0.2, -0.15) is 0 Å². The van der Waals surface area contributed by atoms with E-state index >= 15 is 0 Å². The molecule has 1 rings (SSSR count). The van der Waals surface area contributed by atoms with Crippen LogP contribution in [-0.2, 0) is 19.1 Å². The number of ether oxygens (including phenoxy) is 1. The summed E-state index contributed by atoms with van der Waals surface area (Å²) in [5.74, 6) is -1.41. The maximum atomic E-state index is 11.7. The van der Waals surface area contributed by atoms with Gasteiger partial charge in [0.05, 0.1) is 12.5 Å². The first-order valence-corrected chi connectivity index (χ1v) is 5.93. The number of amides is 2. The number of rotatable bonds is 7. The molecule has 102 valence electrons. The largest absolute Gasteiger partial charge is 0.481 e. The van der Waals surface area contributed by atoms with Crippen molar-refractivity contribution < 1.29 is 24.2 Å². The van der Waals surface area contributed by atoms with E-state index in [2.05, 4.69) is 10.6 Å². The minimum absolute atomic E-state index is 0.130. The van der Waals surface area contributed by atoms with Gasteiger partial charge in [-0.1, -0.05) is 0 Å². The highest BCUT2D eigenvalue weighted by Crippen LogP contribution is 2.06. The topological polar surface area (TPSA) is 105 Å². The van der Waals surface area contributed by atoms with Gasteiger partial charge in [-0.3, -0.25) is 14.4 Å². The molecule has 2 atom stereocenters. The fraction of sp³-hybridized carbons (Fsp3) is 0.727. The van der Waals surface area contributed by atoms with E-state index in [1.54, 1.807) is 6.92 Å². The van der Waals surface area contributed by atoms with E-state index in [0.29, 0.717) is 19.4 Å². The van der Waals surface area contributed by atoms with Crippen LogP contribution in [0.5, 0.6) is 0 Å². The summed E-state index contributed by atoms with van der Waals surface area (Å²) in [5, 5.41) is 13.8. The lowest BCUT2D eigenvalue weighted by molar-refractivity contribution is -0.140. The SMILES string of the molecule is CCOC(CNC(=O)[C@@H]1CCC(=O)N1)CC(=O)O. The molecule has 0 bridgehead atoms. The average molecular weight is 258 g/mol. The van der Waals surface area contributed by atoms with E-state index in [9.17, 15) is 14.4 Å². The third-order valence-corrected chi connectivity index (χ3v) is 2.62. The predicted octanol–water partition coefficient (Wildman–Crippen LogP) is -0.739. The molecule has 7 nitrogen and oxygen atoms in total. The molecule has 0 aliphatic carbocycles. The monoisotopic (exact) mass is 258 g/mol. The van der Waals surface area contributed by atoms with Crippen LogP contribution in [0.15, 0.2) is 0 Å². The quantitative estimate of drug-likeness (QED) is 0.558. The van der Waals surface area contributed by atoms with E-state index in [1.165, 1.54) is 0 Å². The number of hydrogen-bond donors (Lipinski definition) is 3. The maximum Gasteiger partial charge on any atom is 0.306 e. The molecular formula is C11H18N2O5. The van der Waals surface area contributed by atoms with E-state index in [0.717, 1.165) is 0 Å². The fourth-order valence-corrected chi connectivity index (χ4v) is 1.77. The summed E-state index contributed by atoms with van der Waals surface area (Å²) < 4.78 is 5.20. The Morgan fingerprint density at radius 3 is 2.83 bits per heavy atom. The van der Waals surface area contributed by atoms with Gasteiger partial charge in [0.15, 0.2) is 0 Å². The number of carbonyl (C=O) groups is 3. The maximum absolute atomic E-state index is 11.7. The second kappa shape index (κ2) is 6.95. The van der Waals surface area contributed by atoms with Gasteiger partial charge >= 0.3 is 5.97 Å². The molecule has 1 heterocycles. The zero-order valence-corrected chi connectivity index (χ0v) is 10.3. The Morgan fingerprint density at radius 1 is 1.61 bits per heavy atom. The molecule has 0 aromatic carbocycles. The summed E-state index contributed by atoms with van der Waals surface area (Å²) >= 11 is 0. The normalized spacial score (nSPS) is 20.3. The molecule has 2 amide bonds. The van der Waals surface area contributed by atoms with Crippen molar-refractivity contribution in [3.8, 4) is 0 Å². The minimum Gasteiger partial charge on any atom is -0.481 e. The van der Waals surface area contributed by atoms with Crippen LogP contribution < -0.4 is 10.6 Å². The average Bonchev–Trinajstić information content (AvgIpc) is 2.72. The summed E-state index contributed by atoms with van der Waals surface area (Å²) in [6.45, 7) is 2.27. The standard InChI is InChI=1S/C11H18N2O5/c1-2-18-7(5-10(15)16)6-12-11(17)8-3-4-9(14)13-8/h7-8H,2-6H2,1H3,(H,12,17)(H,13,14)(H,15,16)/t7?,8-/m0/s1. The molecule has 0 aromatic heterocycles. The number of carboxylic acids is 1. The number of hydrogen-bond acceptors (Lipinski definition) is 4. The highest BCUT2D eigenvalue weighted by Gasteiger charge is 2.27. The van der Waals surface area contributed by atoms with Crippen molar-refractivity contribution in [2.45, 2.75) is 38.3 Å². The van der Waals surface area contributed by atoms with Crippen LogP contribution in [0.4, 0.5) is 0 Å². The minimum atomic E-state index is -0.975. The Morgan fingerprint density at radius 2 is 2.33 bits per heavy atom. The molecule has 1 fully saturated rings. The molecule has 1 aliphatic heterocycles. The van der Waals surface area contributed by atoms with Gasteiger partial charge < -0.3 is 20.5 Å². The molecule has 18 heavy (non-hydrogen) atoms. The molecule has 0 saturated carbocycles. The summed E-state index contributed by atoms with van der Waals surface area (Å²) in [5.41, 5.74) is 0. The molecule has 1 unspecified atom stereocenters. The molecule has 0 spiro atoms. The summed E-state index contributed by atoms with van der Waals surface area (Å²) in [6, 6.07) is -0.510. The molecule has 0 aromatic rings.